The second-order valence-corrected chi connectivity index (χ2v) is 8.19. The van der Waals surface area contributed by atoms with Gasteiger partial charge in [0.1, 0.15) is 11.4 Å². The zero-order valence-corrected chi connectivity index (χ0v) is 16.3. The Labute approximate surface area is 155 Å². The number of aromatic nitrogens is 1. The van der Waals surface area contributed by atoms with Crippen LogP contribution in [0.25, 0.3) is 0 Å². The summed E-state index contributed by atoms with van der Waals surface area (Å²) in [5, 5.41) is 0. The molecule has 2 aliphatic rings. The molecule has 1 aliphatic carbocycles. The first-order valence-electron chi connectivity index (χ1n) is 9.48. The molecule has 2 fully saturated rings. The SMILES string of the molecule is COCOc1ccc(C2CCN(C(=O)OC(C)(C)C)CC2)nc1C1CC1. The molecule has 1 saturated heterocycles. The fourth-order valence-corrected chi connectivity index (χ4v) is 3.28. The van der Waals surface area contributed by atoms with Crippen LogP contribution in [0.3, 0.4) is 0 Å². The van der Waals surface area contributed by atoms with Gasteiger partial charge in [-0.25, -0.2) is 4.79 Å². The Morgan fingerprint density at radius 2 is 1.85 bits per heavy atom. The number of nitrogens with zero attached hydrogens (tertiary/aromatic N) is 2. The van der Waals surface area contributed by atoms with Crippen molar-refractivity contribution in [2.75, 3.05) is 27.0 Å². The molecule has 144 valence electrons. The van der Waals surface area contributed by atoms with Gasteiger partial charge in [0, 0.05) is 37.7 Å². The minimum atomic E-state index is -0.452. The maximum Gasteiger partial charge on any atom is 0.410 e. The fraction of sp³-hybridized carbons (Fsp3) is 0.700. The first kappa shape index (κ1) is 19.0. The van der Waals surface area contributed by atoms with Crippen molar-refractivity contribution in [3.8, 4) is 5.75 Å². The highest BCUT2D eigenvalue weighted by atomic mass is 16.7. The predicted molar refractivity (Wildman–Crippen MR) is 98.5 cm³/mol. The van der Waals surface area contributed by atoms with Crippen molar-refractivity contribution in [1.29, 1.82) is 0 Å². The van der Waals surface area contributed by atoms with Crippen LogP contribution in [0.4, 0.5) is 4.79 Å². The lowest BCUT2D eigenvalue weighted by Gasteiger charge is -2.33. The lowest BCUT2D eigenvalue weighted by Crippen LogP contribution is -2.41. The summed E-state index contributed by atoms with van der Waals surface area (Å²) in [4.78, 5) is 18.9. The topological polar surface area (TPSA) is 60.9 Å². The molecule has 0 aromatic carbocycles. The zero-order valence-electron chi connectivity index (χ0n) is 16.3. The summed E-state index contributed by atoms with van der Waals surface area (Å²) < 4.78 is 16.2. The maximum atomic E-state index is 12.2. The van der Waals surface area contributed by atoms with Crippen LogP contribution in [-0.2, 0) is 9.47 Å². The summed E-state index contributed by atoms with van der Waals surface area (Å²) in [6.45, 7) is 7.36. The minimum absolute atomic E-state index is 0.217. The van der Waals surface area contributed by atoms with Gasteiger partial charge < -0.3 is 19.1 Å². The van der Waals surface area contributed by atoms with Crippen LogP contribution < -0.4 is 4.74 Å². The van der Waals surface area contributed by atoms with Gasteiger partial charge >= 0.3 is 6.09 Å². The second kappa shape index (κ2) is 7.82. The van der Waals surface area contributed by atoms with Gasteiger partial charge in [-0.2, -0.15) is 0 Å². The van der Waals surface area contributed by atoms with Crippen molar-refractivity contribution < 1.29 is 19.0 Å². The number of piperidine rings is 1. The number of amides is 1. The average Bonchev–Trinajstić information content (AvgIpc) is 3.43. The molecule has 2 heterocycles. The highest BCUT2D eigenvalue weighted by Gasteiger charge is 2.31. The third kappa shape index (κ3) is 4.87. The number of rotatable bonds is 5. The molecule has 0 unspecified atom stereocenters. The molecular formula is C20H30N2O4. The van der Waals surface area contributed by atoms with Gasteiger partial charge in [0.15, 0.2) is 6.79 Å². The predicted octanol–water partition coefficient (Wildman–Crippen LogP) is 4.06. The average molecular weight is 362 g/mol. The van der Waals surface area contributed by atoms with Crippen LogP contribution in [0.15, 0.2) is 12.1 Å². The van der Waals surface area contributed by atoms with Crippen molar-refractivity contribution in [3.05, 3.63) is 23.5 Å². The molecule has 0 atom stereocenters. The summed E-state index contributed by atoms with van der Waals surface area (Å²) >= 11 is 0. The third-order valence-corrected chi connectivity index (χ3v) is 4.77. The van der Waals surface area contributed by atoms with Gasteiger partial charge in [0.05, 0.1) is 5.69 Å². The summed E-state index contributed by atoms with van der Waals surface area (Å²) in [5.41, 5.74) is 1.72. The number of pyridine rings is 1. The molecule has 0 N–H and O–H groups in total. The molecular weight excluding hydrogens is 332 g/mol. The molecule has 0 bridgehead atoms. The van der Waals surface area contributed by atoms with E-state index in [0.29, 0.717) is 24.9 Å². The molecule has 1 saturated carbocycles. The van der Waals surface area contributed by atoms with E-state index in [1.807, 2.05) is 26.8 Å². The number of hydrogen-bond donors (Lipinski definition) is 0. The fourth-order valence-electron chi connectivity index (χ4n) is 3.28. The Balaban J connectivity index is 1.62. The van der Waals surface area contributed by atoms with Gasteiger partial charge in [-0.3, -0.25) is 4.98 Å². The van der Waals surface area contributed by atoms with Crippen LogP contribution in [0.5, 0.6) is 5.75 Å². The smallest absolute Gasteiger partial charge is 0.410 e. The van der Waals surface area contributed by atoms with Crippen LogP contribution in [0.1, 0.15) is 69.7 Å². The zero-order chi connectivity index (χ0) is 18.7. The van der Waals surface area contributed by atoms with E-state index >= 15 is 0 Å². The Morgan fingerprint density at radius 3 is 2.42 bits per heavy atom. The molecule has 1 aromatic heterocycles. The number of methoxy groups -OCH3 is 1. The van der Waals surface area contributed by atoms with Crippen LogP contribution in [-0.4, -0.2) is 48.6 Å². The molecule has 0 radical (unpaired) electrons. The molecule has 1 amide bonds. The quantitative estimate of drug-likeness (QED) is 0.739. The van der Waals surface area contributed by atoms with E-state index in [1.165, 1.54) is 12.8 Å². The van der Waals surface area contributed by atoms with E-state index in [9.17, 15) is 4.79 Å². The first-order valence-corrected chi connectivity index (χ1v) is 9.48. The van der Waals surface area contributed by atoms with E-state index < -0.39 is 5.60 Å². The minimum Gasteiger partial charge on any atom is -0.466 e. The van der Waals surface area contributed by atoms with Crippen LogP contribution >= 0.6 is 0 Å². The van der Waals surface area contributed by atoms with Crippen molar-refractivity contribution in [3.63, 3.8) is 0 Å². The standard InChI is InChI=1S/C20H30N2O4/c1-20(2,3)26-19(23)22-11-9-14(10-12-22)16-7-8-17(25-13-24-4)18(21-16)15-5-6-15/h7-8,14-15H,5-6,9-13H2,1-4H3. The molecule has 3 rings (SSSR count). The Kier molecular flexibility index (Phi) is 5.70. The lowest BCUT2D eigenvalue weighted by atomic mass is 9.93. The van der Waals surface area contributed by atoms with Crippen molar-refractivity contribution in [2.24, 2.45) is 0 Å². The van der Waals surface area contributed by atoms with Crippen LogP contribution in [0.2, 0.25) is 0 Å². The highest BCUT2D eigenvalue weighted by molar-refractivity contribution is 5.68. The summed E-state index contributed by atoms with van der Waals surface area (Å²) in [5.74, 6) is 1.73. The number of carbonyl (C=O) groups excluding carboxylic acids is 1. The third-order valence-electron chi connectivity index (χ3n) is 4.77. The largest absolute Gasteiger partial charge is 0.466 e. The van der Waals surface area contributed by atoms with Gasteiger partial charge in [-0.1, -0.05) is 0 Å². The van der Waals surface area contributed by atoms with Crippen molar-refractivity contribution >= 4 is 6.09 Å². The Hall–Kier alpha value is -1.82. The second-order valence-electron chi connectivity index (χ2n) is 8.19. The molecule has 6 nitrogen and oxygen atoms in total. The number of likely N-dealkylation sites (tertiary alicyclic amines) is 1. The van der Waals surface area contributed by atoms with Crippen molar-refractivity contribution in [2.45, 2.75) is 63.9 Å². The van der Waals surface area contributed by atoms with Gasteiger partial charge in [0.2, 0.25) is 0 Å². The highest BCUT2D eigenvalue weighted by Crippen LogP contribution is 2.44. The number of ether oxygens (including phenoxy) is 3. The molecule has 6 heteroatoms. The Bertz CT molecular complexity index is 629. The lowest BCUT2D eigenvalue weighted by molar-refractivity contribution is 0.0204. The van der Waals surface area contributed by atoms with Gasteiger partial charge in [-0.15, -0.1) is 0 Å². The van der Waals surface area contributed by atoms with E-state index in [0.717, 1.165) is 30.0 Å². The summed E-state index contributed by atoms with van der Waals surface area (Å²) in [6.07, 6.45) is 3.96. The molecule has 1 aromatic rings. The first-order chi connectivity index (χ1) is 12.4. The molecule has 26 heavy (non-hydrogen) atoms. The summed E-state index contributed by atoms with van der Waals surface area (Å²) in [7, 11) is 1.62. The van der Waals surface area contributed by atoms with Gasteiger partial charge in [0.25, 0.3) is 0 Å². The summed E-state index contributed by atoms with van der Waals surface area (Å²) in [6, 6.07) is 4.08. The monoisotopic (exact) mass is 362 g/mol. The molecule has 1 aliphatic heterocycles. The van der Waals surface area contributed by atoms with E-state index in [4.69, 9.17) is 19.2 Å². The van der Waals surface area contributed by atoms with E-state index in [2.05, 4.69) is 6.07 Å². The number of carbonyl (C=O) groups is 1. The Morgan fingerprint density at radius 1 is 1.15 bits per heavy atom. The normalized spacial score (nSPS) is 18.7. The number of hydrogen-bond acceptors (Lipinski definition) is 5. The van der Waals surface area contributed by atoms with E-state index in [1.54, 1.807) is 12.0 Å². The van der Waals surface area contributed by atoms with Crippen LogP contribution in [0, 0.1) is 0 Å². The maximum absolute atomic E-state index is 12.2. The van der Waals surface area contributed by atoms with E-state index in [-0.39, 0.29) is 12.9 Å². The van der Waals surface area contributed by atoms with Crippen molar-refractivity contribution in [1.82, 2.24) is 9.88 Å². The van der Waals surface area contributed by atoms with Gasteiger partial charge in [-0.05, 0) is 58.6 Å². The molecule has 0 spiro atoms.